The van der Waals surface area contributed by atoms with Crippen LogP contribution in [0, 0.1) is 5.82 Å². The van der Waals surface area contributed by atoms with Gasteiger partial charge in [-0.3, -0.25) is 9.89 Å². The zero-order valence-electron chi connectivity index (χ0n) is 6.34. The van der Waals surface area contributed by atoms with Gasteiger partial charge in [0.05, 0.1) is 4.47 Å². The van der Waals surface area contributed by atoms with E-state index >= 15 is 0 Å². The lowest BCUT2D eigenvalue weighted by Crippen LogP contribution is -1.80. The van der Waals surface area contributed by atoms with Crippen LogP contribution in [0.2, 0.25) is 0 Å². The molecule has 0 fully saturated rings. The Bertz CT molecular complexity index is 480. The standard InChI is InChI=1S/C8H4BrFN2O/c9-5-2-1-4-6(3-13)11-12-8(4)7(5)10/h1-3H,(H,11,12). The summed E-state index contributed by atoms with van der Waals surface area (Å²) >= 11 is 3.03. The first-order chi connectivity index (χ1) is 6.24. The van der Waals surface area contributed by atoms with Crippen LogP contribution in [-0.4, -0.2) is 16.5 Å². The van der Waals surface area contributed by atoms with Crippen molar-refractivity contribution in [1.82, 2.24) is 10.2 Å². The molecule has 5 heteroatoms. The highest BCUT2D eigenvalue weighted by molar-refractivity contribution is 9.10. The SMILES string of the molecule is O=Cc1[nH]nc2c(F)c(Br)ccc12. The predicted molar refractivity (Wildman–Crippen MR) is 49.1 cm³/mol. The van der Waals surface area contributed by atoms with Crippen LogP contribution in [0.3, 0.4) is 0 Å². The average Bonchev–Trinajstić information content (AvgIpc) is 2.55. The van der Waals surface area contributed by atoms with Gasteiger partial charge in [-0.25, -0.2) is 4.39 Å². The molecule has 0 aliphatic heterocycles. The third-order valence-corrected chi connectivity index (χ3v) is 2.38. The number of nitrogens with zero attached hydrogens (tertiary/aromatic N) is 1. The Morgan fingerprint density at radius 3 is 3.00 bits per heavy atom. The van der Waals surface area contributed by atoms with E-state index < -0.39 is 5.82 Å². The van der Waals surface area contributed by atoms with Crippen molar-refractivity contribution in [3.63, 3.8) is 0 Å². The van der Waals surface area contributed by atoms with Crippen LogP contribution in [-0.2, 0) is 0 Å². The molecule has 1 heterocycles. The Hall–Kier alpha value is -1.23. The number of fused-ring (bicyclic) bond motifs is 1. The van der Waals surface area contributed by atoms with Crippen LogP contribution in [0.1, 0.15) is 10.5 Å². The summed E-state index contributed by atoms with van der Waals surface area (Å²) in [6.07, 6.45) is 0.614. The van der Waals surface area contributed by atoms with Gasteiger partial charge in [-0.1, -0.05) is 0 Å². The summed E-state index contributed by atoms with van der Waals surface area (Å²) in [5.41, 5.74) is 0.470. The van der Waals surface area contributed by atoms with E-state index in [1.807, 2.05) is 0 Å². The van der Waals surface area contributed by atoms with Crippen LogP contribution in [0.15, 0.2) is 16.6 Å². The average molecular weight is 243 g/mol. The maximum Gasteiger partial charge on any atom is 0.168 e. The summed E-state index contributed by atoms with van der Waals surface area (Å²) in [6.45, 7) is 0. The Balaban J connectivity index is 2.88. The van der Waals surface area contributed by atoms with E-state index in [-0.39, 0.29) is 5.52 Å². The highest BCUT2D eigenvalue weighted by Crippen LogP contribution is 2.24. The zero-order valence-corrected chi connectivity index (χ0v) is 7.93. The van der Waals surface area contributed by atoms with Crippen molar-refractivity contribution in [2.24, 2.45) is 0 Å². The molecule has 0 amide bonds. The molecule has 0 saturated heterocycles. The summed E-state index contributed by atoms with van der Waals surface area (Å²) in [5, 5.41) is 6.64. The molecular weight excluding hydrogens is 239 g/mol. The fourth-order valence-corrected chi connectivity index (χ4v) is 1.45. The highest BCUT2D eigenvalue weighted by atomic mass is 79.9. The molecule has 0 bridgehead atoms. The third-order valence-electron chi connectivity index (χ3n) is 1.77. The number of halogens is 2. The van der Waals surface area contributed by atoms with E-state index in [0.717, 1.165) is 0 Å². The van der Waals surface area contributed by atoms with Crippen LogP contribution in [0.5, 0.6) is 0 Å². The molecule has 1 aromatic heterocycles. The largest absolute Gasteiger partial charge is 0.296 e. The number of aromatic nitrogens is 2. The fraction of sp³-hybridized carbons (Fsp3) is 0. The molecule has 0 aliphatic rings. The number of aldehydes is 1. The lowest BCUT2D eigenvalue weighted by molar-refractivity contribution is 0.112. The van der Waals surface area contributed by atoms with Gasteiger partial charge >= 0.3 is 0 Å². The first-order valence-electron chi connectivity index (χ1n) is 3.51. The molecule has 1 aromatic carbocycles. The van der Waals surface area contributed by atoms with E-state index in [9.17, 15) is 9.18 Å². The van der Waals surface area contributed by atoms with Crippen LogP contribution < -0.4 is 0 Å². The molecule has 0 saturated carbocycles. The minimum atomic E-state index is -0.457. The Morgan fingerprint density at radius 2 is 2.31 bits per heavy atom. The lowest BCUT2D eigenvalue weighted by atomic mass is 10.2. The van der Waals surface area contributed by atoms with Crippen molar-refractivity contribution in [2.75, 3.05) is 0 Å². The van der Waals surface area contributed by atoms with Gasteiger partial charge < -0.3 is 0 Å². The summed E-state index contributed by atoms with van der Waals surface area (Å²) in [5.74, 6) is -0.457. The maximum atomic E-state index is 13.3. The van der Waals surface area contributed by atoms with Crippen LogP contribution >= 0.6 is 15.9 Å². The zero-order chi connectivity index (χ0) is 9.42. The number of hydrogen-bond donors (Lipinski definition) is 1. The van der Waals surface area contributed by atoms with Gasteiger partial charge in [0.2, 0.25) is 0 Å². The Labute approximate surface area is 81.1 Å². The number of carbonyl (C=O) groups is 1. The first-order valence-corrected chi connectivity index (χ1v) is 4.30. The number of nitrogens with one attached hydrogen (secondary N) is 1. The van der Waals surface area contributed by atoms with Gasteiger partial charge in [0.1, 0.15) is 11.2 Å². The van der Waals surface area contributed by atoms with Gasteiger partial charge in [-0.2, -0.15) is 5.10 Å². The molecule has 3 nitrogen and oxygen atoms in total. The number of aromatic amines is 1. The van der Waals surface area contributed by atoms with Gasteiger partial charge in [0.15, 0.2) is 12.1 Å². The van der Waals surface area contributed by atoms with E-state index in [1.54, 1.807) is 12.1 Å². The van der Waals surface area contributed by atoms with Gasteiger partial charge in [-0.05, 0) is 28.1 Å². The Morgan fingerprint density at radius 1 is 1.54 bits per heavy atom. The number of benzene rings is 1. The summed E-state index contributed by atoms with van der Waals surface area (Å²) in [7, 11) is 0. The molecule has 0 spiro atoms. The molecule has 1 N–H and O–H groups in total. The van der Waals surface area contributed by atoms with Gasteiger partial charge in [0, 0.05) is 5.39 Å². The second-order valence-corrected chi connectivity index (χ2v) is 3.37. The molecule has 0 aliphatic carbocycles. The van der Waals surface area contributed by atoms with Gasteiger partial charge in [-0.15, -0.1) is 0 Å². The highest BCUT2D eigenvalue weighted by Gasteiger charge is 2.10. The molecule has 0 atom stereocenters. The normalized spacial score (nSPS) is 10.6. The van der Waals surface area contributed by atoms with Crippen LogP contribution in [0.4, 0.5) is 4.39 Å². The van der Waals surface area contributed by atoms with Crippen molar-refractivity contribution < 1.29 is 9.18 Å². The van der Waals surface area contributed by atoms with Crippen molar-refractivity contribution in [3.8, 4) is 0 Å². The molecule has 2 aromatic rings. The van der Waals surface area contributed by atoms with Crippen molar-refractivity contribution in [3.05, 3.63) is 28.1 Å². The fourth-order valence-electron chi connectivity index (χ4n) is 1.13. The molecule has 2 rings (SSSR count). The maximum absolute atomic E-state index is 13.3. The van der Waals surface area contributed by atoms with E-state index in [0.29, 0.717) is 21.8 Å². The molecule has 66 valence electrons. The second kappa shape index (κ2) is 2.92. The number of rotatable bonds is 1. The topological polar surface area (TPSA) is 45.8 Å². The number of hydrogen-bond acceptors (Lipinski definition) is 2. The molecule has 13 heavy (non-hydrogen) atoms. The second-order valence-electron chi connectivity index (χ2n) is 2.51. The van der Waals surface area contributed by atoms with Crippen molar-refractivity contribution in [1.29, 1.82) is 0 Å². The quantitative estimate of drug-likeness (QED) is 0.781. The minimum absolute atomic E-state index is 0.177. The Kier molecular flexibility index (Phi) is 1.88. The summed E-state index contributed by atoms with van der Waals surface area (Å²) in [6, 6.07) is 3.18. The molecule has 0 unspecified atom stereocenters. The predicted octanol–water partition coefficient (Wildman–Crippen LogP) is 2.28. The smallest absolute Gasteiger partial charge is 0.168 e. The first kappa shape index (κ1) is 8.37. The van der Waals surface area contributed by atoms with Gasteiger partial charge in [0.25, 0.3) is 0 Å². The minimum Gasteiger partial charge on any atom is -0.296 e. The molecular formula is C8H4BrFN2O. The lowest BCUT2D eigenvalue weighted by Gasteiger charge is -1.93. The monoisotopic (exact) mass is 242 g/mol. The van der Waals surface area contributed by atoms with Crippen LogP contribution in [0.25, 0.3) is 10.9 Å². The molecule has 0 radical (unpaired) electrons. The number of carbonyl (C=O) groups excluding carboxylic acids is 1. The summed E-state index contributed by atoms with van der Waals surface area (Å²) < 4.78 is 13.6. The van der Waals surface area contributed by atoms with Crippen molar-refractivity contribution >= 4 is 33.1 Å². The summed E-state index contributed by atoms with van der Waals surface area (Å²) in [4.78, 5) is 10.5. The third kappa shape index (κ3) is 1.16. The van der Waals surface area contributed by atoms with E-state index in [2.05, 4.69) is 26.1 Å². The van der Waals surface area contributed by atoms with E-state index in [4.69, 9.17) is 0 Å². The van der Waals surface area contributed by atoms with Crippen molar-refractivity contribution in [2.45, 2.75) is 0 Å². The number of H-pyrrole nitrogens is 1. The van der Waals surface area contributed by atoms with E-state index in [1.165, 1.54) is 0 Å².